The quantitative estimate of drug-likeness (QED) is 0.264. The first kappa shape index (κ1) is 28.2. The highest BCUT2D eigenvalue weighted by Gasteiger charge is 2.30. The van der Waals surface area contributed by atoms with E-state index in [-0.39, 0.29) is 36.2 Å². The predicted octanol–water partition coefficient (Wildman–Crippen LogP) is 4.46. The molecule has 0 aliphatic heterocycles. The lowest BCUT2D eigenvalue weighted by Gasteiger charge is -2.31. The molecule has 0 spiro atoms. The maximum Gasteiger partial charge on any atom is 0.311 e. The third-order valence-corrected chi connectivity index (χ3v) is 6.00. The summed E-state index contributed by atoms with van der Waals surface area (Å²) in [7, 11) is 1.32. The molecule has 0 aliphatic carbocycles. The first-order chi connectivity index (χ1) is 18.3. The van der Waals surface area contributed by atoms with E-state index in [1.54, 1.807) is 0 Å². The summed E-state index contributed by atoms with van der Waals surface area (Å²) < 4.78 is 10.8. The Hall–Kier alpha value is -4.40. The van der Waals surface area contributed by atoms with Crippen molar-refractivity contribution in [2.75, 3.05) is 20.3 Å². The normalized spacial score (nSPS) is 11.3. The number of aryl methyl sites for hydroxylation is 1. The van der Waals surface area contributed by atoms with Crippen LogP contribution in [0.2, 0.25) is 0 Å². The van der Waals surface area contributed by atoms with Gasteiger partial charge in [-0.1, -0.05) is 67.1 Å². The summed E-state index contributed by atoms with van der Waals surface area (Å²) in [6.07, 6.45) is 1.10. The van der Waals surface area contributed by atoms with Gasteiger partial charge in [0, 0.05) is 31.6 Å². The van der Waals surface area contributed by atoms with Gasteiger partial charge in [-0.2, -0.15) is 0 Å². The number of nitro benzene ring substituents is 1. The second-order valence-electron chi connectivity index (χ2n) is 8.88. The van der Waals surface area contributed by atoms with E-state index < -0.39 is 16.9 Å². The minimum Gasteiger partial charge on any atom is -0.490 e. The van der Waals surface area contributed by atoms with Gasteiger partial charge in [-0.15, -0.1) is 0 Å². The predicted molar refractivity (Wildman–Crippen MR) is 144 cm³/mol. The molecule has 1 unspecified atom stereocenters. The fourth-order valence-electron chi connectivity index (χ4n) is 3.94. The second-order valence-corrected chi connectivity index (χ2v) is 8.88. The van der Waals surface area contributed by atoms with Gasteiger partial charge in [0.2, 0.25) is 11.7 Å². The molecule has 0 aromatic heterocycles. The van der Waals surface area contributed by atoms with Crippen LogP contribution >= 0.6 is 0 Å². The molecular formula is C29H33N3O6. The Morgan fingerprint density at radius 3 is 2.37 bits per heavy atom. The molecule has 1 N–H and O–H groups in total. The number of nitrogens with one attached hydrogen (secondary N) is 1. The van der Waals surface area contributed by atoms with E-state index in [0.29, 0.717) is 13.0 Å². The van der Waals surface area contributed by atoms with E-state index in [9.17, 15) is 19.7 Å². The van der Waals surface area contributed by atoms with Gasteiger partial charge in [0.25, 0.3) is 5.91 Å². The number of methoxy groups -OCH3 is 1. The summed E-state index contributed by atoms with van der Waals surface area (Å²) in [6, 6.07) is 20.6. The van der Waals surface area contributed by atoms with Crippen molar-refractivity contribution in [1.29, 1.82) is 0 Å². The molecule has 3 rings (SSSR count). The maximum absolute atomic E-state index is 13.6. The van der Waals surface area contributed by atoms with E-state index in [0.717, 1.165) is 23.1 Å². The van der Waals surface area contributed by atoms with Gasteiger partial charge < -0.3 is 19.7 Å². The zero-order chi connectivity index (χ0) is 27.5. The largest absolute Gasteiger partial charge is 0.490 e. The van der Waals surface area contributed by atoms with Crippen molar-refractivity contribution in [3.63, 3.8) is 0 Å². The average Bonchev–Trinajstić information content (AvgIpc) is 2.93. The third-order valence-electron chi connectivity index (χ3n) is 6.00. The molecule has 2 amide bonds. The minimum atomic E-state index is -0.771. The number of rotatable bonds is 13. The first-order valence-electron chi connectivity index (χ1n) is 12.4. The molecular weight excluding hydrogens is 486 g/mol. The van der Waals surface area contributed by atoms with Gasteiger partial charge in [-0.3, -0.25) is 19.7 Å². The molecule has 0 saturated heterocycles. The Morgan fingerprint density at radius 2 is 1.74 bits per heavy atom. The van der Waals surface area contributed by atoms with Crippen LogP contribution in [0.25, 0.3) is 0 Å². The van der Waals surface area contributed by atoms with Crippen LogP contribution in [0.5, 0.6) is 11.5 Å². The van der Waals surface area contributed by atoms with Gasteiger partial charge in [0.15, 0.2) is 6.61 Å². The third kappa shape index (κ3) is 7.80. The fourth-order valence-corrected chi connectivity index (χ4v) is 3.94. The maximum atomic E-state index is 13.6. The summed E-state index contributed by atoms with van der Waals surface area (Å²) in [5, 5.41) is 14.1. The number of amides is 2. The molecule has 38 heavy (non-hydrogen) atoms. The highest BCUT2D eigenvalue weighted by molar-refractivity contribution is 5.88. The second kappa shape index (κ2) is 13.8. The number of nitrogens with zero attached hydrogens (tertiary/aromatic N) is 2. The van der Waals surface area contributed by atoms with E-state index >= 15 is 0 Å². The Balaban J connectivity index is 1.89. The lowest BCUT2D eigenvalue weighted by Crippen LogP contribution is -2.51. The number of nitro groups is 1. The highest BCUT2D eigenvalue weighted by Crippen LogP contribution is 2.30. The SMILES string of the molecule is CCCNC(=O)C(Cc1ccccc1)N(Cc1ccc(C)cc1)C(=O)COc1ccc([N+](=O)[O-])c(OC)c1. The molecule has 0 fully saturated rings. The monoisotopic (exact) mass is 519 g/mol. The number of carbonyl (C=O) groups excluding carboxylic acids is 2. The molecule has 0 aliphatic rings. The van der Waals surface area contributed by atoms with E-state index in [1.807, 2.05) is 68.4 Å². The Morgan fingerprint density at radius 1 is 1.03 bits per heavy atom. The fraction of sp³-hybridized carbons (Fsp3) is 0.310. The first-order valence-corrected chi connectivity index (χ1v) is 12.4. The summed E-state index contributed by atoms with van der Waals surface area (Å²) in [4.78, 5) is 39.1. The van der Waals surface area contributed by atoms with Crippen LogP contribution in [0.1, 0.15) is 30.0 Å². The Bertz CT molecular complexity index is 1230. The van der Waals surface area contributed by atoms with E-state index in [4.69, 9.17) is 9.47 Å². The van der Waals surface area contributed by atoms with E-state index in [2.05, 4.69) is 5.32 Å². The standard InChI is InChI=1S/C29H33N3O6/c1-4-16-30-29(34)26(17-22-8-6-5-7-9-22)31(19-23-12-10-21(2)11-13-23)28(33)20-38-24-14-15-25(32(35)36)27(18-24)37-3/h5-15,18,26H,4,16-17,19-20H2,1-3H3,(H,30,34). The number of carbonyl (C=O) groups is 2. The van der Waals surface area contributed by atoms with Crippen molar-refractivity contribution < 1.29 is 24.0 Å². The highest BCUT2D eigenvalue weighted by atomic mass is 16.6. The van der Waals surface area contributed by atoms with Crippen molar-refractivity contribution in [3.05, 3.63) is 99.6 Å². The molecule has 1 atom stereocenters. The summed E-state index contributed by atoms with van der Waals surface area (Å²) in [5.74, 6) is -0.368. The topological polar surface area (TPSA) is 111 Å². The number of ether oxygens (including phenoxy) is 2. The van der Waals surface area contributed by atoms with Crippen LogP contribution in [-0.2, 0) is 22.6 Å². The Labute approximate surface area is 222 Å². The summed E-state index contributed by atoms with van der Waals surface area (Å²) >= 11 is 0. The van der Waals surface area contributed by atoms with Crippen molar-refractivity contribution in [1.82, 2.24) is 10.2 Å². The van der Waals surface area contributed by atoms with E-state index in [1.165, 1.54) is 30.2 Å². The molecule has 3 aromatic rings. The summed E-state index contributed by atoms with van der Waals surface area (Å²) in [5.41, 5.74) is 2.68. The van der Waals surface area contributed by atoms with Crippen molar-refractivity contribution >= 4 is 17.5 Å². The molecule has 9 heteroatoms. The number of hydrogen-bond donors (Lipinski definition) is 1. The van der Waals surface area contributed by atoms with Crippen LogP contribution in [0.4, 0.5) is 5.69 Å². The molecule has 0 saturated carbocycles. The van der Waals surface area contributed by atoms with Gasteiger partial charge in [0.1, 0.15) is 11.8 Å². The van der Waals surface area contributed by atoms with Gasteiger partial charge in [0.05, 0.1) is 12.0 Å². The zero-order valence-electron chi connectivity index (χ0n) is 21.9. The number of benzene rings is 3. The van der Waals surface area contributed by atoms with Crippen molar-refractivity contribution in [2.24, 2.45) is 0 Å². The van der Waals surface area contributed by atoms with Gasteiger partial charge in [-0.05, 0) is 30.5 Å². The van der Waals surface area contributed by atoms with Crippen LogP contribution in [0, 0.1) is 17.0 Å². The summed E-state index contributed by atoms with van der Waals surface area (Å²) in [6.45, 7) is 4.29. The van der Waals surface area contributed by atoms with Crippen LogP contribution < -0.4 is 14.8 Å². The molecule has 0 heterocycles. The van der Waals surface area contributed by atoms with Crippen LogP contribution in [0.15, 0.2) is 72.8 Å². The number of hydrogen-bond acceptors (Lipinski definition) is 6. The lowest BCUT2D eigenvalue weighted by atomic mass is 10.0. The molecule has 0 bridgehead atoms. The molecule has 200 valence electrons. The van der Waals surface area contributed by atoms with Crippen LogP contribution in [-0.4, -0.2) is 47.9 Å². The van der Waals surface area contributed by atoms with Gasteiger partial charge in [-0.25, -0.2) is 0 Å². The minimum absolute atomic E-state index is 0.0253. The Kier molecular flexibility index (Phi) is 10.2. The van der Waals surface area contributed by atoms with Crippen LogP contribution in [0.3, 0.4) is 0 Å². The molecule has 3 aromatic carbocycles. The van der Waals surface area contributed by atoms with Crippen molar-refractivity contribution in [2.45, 2.75) is 39.3 Å². The zero-order valence-corrected chi connectivity index (χ0v) is 21.9. The molecule has 0 radical (unpaired) electrons. The lowest BCUT2D eigenvalue weighted by molar-refractivity contribution is -0.385. The molecule has 9 nitrogen and oxygen atoms in total. The van der Waals surface area contributed by atoms with Gasteiger partial charge >= 0.3 is 5.69 Å². The van der Waals surface area contributed by atoms with Crippen molar-refractivity contribution in [3.8, 4) is 11.5 Å². The average molecular weight is 520 g/mol. The smallest absolute Gasteiger partial charge is 0.311 e.